The van der Waals surface area contributed by atoms with Gasteiger partial charge in [-0.05, 0) is 25.8 Å². The number of ether oxygens (including phenoxy) is 1. The minimum absolute atomic E-state index is 0.0914. The van der Waals surface area contributed by atoms with Crippen LogP contribution in [0.5, 0.6) is 0 Å². The summed E-state index contributed by atoms with van der Waals surface area (Å²) in [5.41, 5.74) is 3.97. The van der Waals surface area contributed by atoms with Crippen LogP contribution in [0.3, 0.4) is 0 Å². The molecule has 1 aromatic heterocycles. The van der Waals surface area contributed by atoms with Gasteiger partial charge in [-0.25, -0.2) is 0 Å². The Balaban J connectivity index is 2.21. The van der Waals surface area contributed by atoms with Crippen molar-refractivity contribution in [1.29, 1.82) is 0 Å². The molecular formula is C12H20N2O2. The lowest BCUT2D eigenvalue weighted by atomic mass is 9.81. The molecule has 4 nitrogen and oxygen atoms in total. The average molecular weight is 224 g/mol. The second kappa shape index (κ2) is 4.57. The molecule has 90 valence electrons. The van der Waals surface area contributed by atoms with Crippen LogP contribution in [0.15, 0.2) is 23.0 Å². The van der Waals surface area contributed by atoms with Crippen LogP contribution < -0.4 is 11.3 Å². The fourth-order valence-corrected chi connectivity index (χ4v) is 2.75. The first-order chi connectivity index (χ1) is 7.65. The summed E-state index contributed by atoms with van der Waals surface area (Å²) in [4.78, 5) is 0. The molecule has 1 aromatic rings. The van der Waals surface area contributed by atoms with Crippen molar-refractivity contribution < 1.29 is 9.15 Å². The van der Waals surface area contributed by atoms with E-state index in [9.17, 15) is 0 Å². The molecule has 16 heavy (non-hydrogen) atoms. The maximum absolute atomic E-state index is 5.84. The third kappa shape index (κ3) is 1.88. The number of nitrogens with two attached hydrogens (primary N) is 1. The van der Waals surface area contributed by atoms with Gasteiger partial charge >= 0.3 is 0 Å². The summed E-state index contributed by atoms with van der Waals surface area (Å²) in [7, 11) is 0. The Labute approximate surface area is 96.1 Å². The largest absolute Gasteiger partial charge is 0.472 e. The van der Waals surface area contributed by atoms with Crippen LogP contribution in [-0.2, 0) is 4.74 Å². The zero-order chi connectivity index (χ0) is 11.7. The zero-order valence-corrected chi connectivity index (χ0v) is 10.0. The van der Waals surface area contributed by atoms with Gasteiger partial charge in [0.15, 0.2) is 0 Å². The highest BCUT2D eigenvalue weighted by atomic mass is 16.5. The highest BCUT2D eigenvalue weighted by Crippen LogP contribution is 2.40. The Morgan fingerprint density at radius 1 is 1.31 bits per heavy atom. The van der Waals surface area contributed by atoms with Gasteiger partial charge in [0, 0.05) is 11.5 Å². The van der Waals surface area contributed by atoms with E-state index in [0.717, 1.165) is 5.56 Å². The summed E-state index contributed by atoms with van der Waals surface area (Å²) in [6.07, 6.45) is 3.91. The van der Waals surface area contributed by atoms with Crippen molar-refractivity contribution in [3.05, 3.63) is 24.2 Å². The van der Waals surface area contributed by atoms with Crippen LogP contribution in [0.1, 0.15) is 32.4 Å². The molecule has 1 aliphatic rings. The van der Waals surface area contributed by atoms with Crippen molar-refractivity contribution in [1.82, 2.24) is 5.43 Å². The second-order valence-electron chi connectivity index (χ2n) is 4.68. The standard InChI is InChI=1S/C12H20N2O2/c1-7-8(2)16-9(3)11(7)12(14-13)10-4-5-15-6-10/h4-9,11-12,14H,13H2,1-3H3. The monoisotopic (exact) mass is 224 g/mol. The number of rotatable bonds is 3. The molecular weight excluding hydrogens is 204 g/mol. The smallest absolute Gasteiger partial charge is 0.0951 e. The molecule has 5 atom stereocenters. The van der Waals surface area contributed by atoms with E-state index in [2.05, 4.69) is 26.2 Å². The molecule has 1 saturated heterocycles. The van der Waals surface area contributed by atoms with Crippen LogP contribution in [0.25, 0.3) is 0 Å². The van der Waals surface area contributed by atoms with Crippen molar-refractivity contribution in [3.63, 3.8) is 0 Å². The van der Waals surface area contributed by atoms with Gasteiger partial charge in [0.2, 0.25) is 0 Å². The molecule has 0 amide bonds. The molecule has 4 heteroatoms. The van der Waals surface area contributed by atoms with Crippen molar-refractivity contribution in [3.8, 4) is 0 Å². The Kier molecular flexibility index (Phi) is 3.33. The SMILES string of the molecule is CC1OC(C)C(C(NN)c2ccoc2)C1C. The van der Waals surface area contributed by atoms with E-state index in [-0.39, 0.29) is 18.2 Å². The number of furan rings is 1. The topological polar surface area (TPSA) is 60.4 Å². The van der Waals surface area contributed by atoms with Gasteiger partial charge in [-0.1, -0.05) is 6.92 Å². The highest BCUT2D eigenvalue weighted by Gasteiger charge is 2.42. The lowest BCUT2D eigenvalue weighted by Crippen LogP contribution is -2.38. The Hall–Kier alpha value is -0.840. The van der Waals surface area contributed by atoms with E-state index < -0.39 is 0 Å². The second-order valence-corrected chi connectivity index (χ2v) is 4.68. The summed E-state index contributed by atoms with van der Waals surface area (Å²) < 4.78 is 11.0. The molecule has 0 bridgehead atoms. The van der Waals surface area contributed by atoms with Crippen LogP contribution in [0.2, 0.25) is 0 Å². The summed E-state index contributed by atoms with van der Waals surface area (Å²) in [5.74, 6) is 6.52. The van der Waals surface area contributed by atoms with E-state index in [1.165, 1.54) is 0 Å². The first-order valence-electron chi connectivity index (χ1n) is 5.78. The number of nitrogens with one attached hydrogen (secondary N) is 1. The third-order valence-corrected chi connectivity index (χ3v) is 3.79. The fourth-order valence-electron chi connectivity index (χ4n) is 2.75. The van der Waals surface area contributed by atoms with E-state index in [1.807, 2.05) is 6.07 Å². The quantitative estimate of drug-likeness (QED) is 0.607. The van der Waals surface area contributed by atoms with Crippen LogP contribution in [0.4, 0.5) is 0 Å². The molecule has 0 aliphatic carbocycles. The maximum Gasteiger partial charge on any atom is 0.0951 e. The molecule has 3 N–H and O–H groups in total. The molecule has 0 saturated carbocycles. The maximum atomic E-state index is 5.84. The Morgan fingerprint density at radius 3 is 2.50 bits per heavy atom. The Morgan fingerprint density at radius 2 is 2.06 bits per heavy atom. The van der Waals surface area contributed by atoms with Gasteiger partial charge in [-0.15, -0.1) is 0 Å². The molecule has 2 heterocycles. The van der Waals surface area contributed by atoms with E-state index in [1.54, 1.807) is 12.5 Å². The van der Waals surface area contributed by atoms with Gasteiger partial charge in [-0.2, -0.15) is 0 Å². The molecule has 0 aromatic carbocycles. The van der Waals surface area contributed by atoms with Gasteiger partial charge in [0.25, 0.3) is 0 Å². The molecule has 2 rings (SSSR count). The molecule has 5 unspecified atom stereocenters. The summed E-state index contributed by atoms with van der Waals surface area (Å²) >= 11 is 0. The number of hydrogen-bond donors (Lipinski definition) is 2. The molecule has 0 radical (unpaired) electrons. The van der Waals surface area contributed by atoms with E-state index in [0.29, 0.717) is 11.8 Å². The zero-order valence-electron chi connectivity index (χ0n) is 10.0. The van der Waals surface area contributed by atoms with Crippen molar-refractivity contribution in [2.75, 3.05) is 0 Å². The lowest BCUT2D eigenvalue weighted by Gasteiger charge is -2.27. The lowest BCUT2D eigenvalue weighted by molar-refractivity contribution is 0.0475. The van der Waals surface area contributed by atoms with Crippen molar-refractivity contribution >= 4 is 0 Å². The fraction of sp³-hybridized carbons (Fsp3) is 0.667. The van der Waals surface area contributed by atoms with Crippen LogP contribution in [-0.4, -0.2) is 12.2 Å². The van der Waals surface area contributed by atoms with Gasteiger partial charge in [-0.3, -0.25) is 11.3 Å². The highest BCUT2D eigenvalue weighted by molar-refractivity contribution is 5.14. The predicted octanol–water partition coefficient (Wildman–Crippen LogP) is 1.84. The third-order valence-electron chi connectivity index (χ3n) is 3.79. The van der Waals surface area contributed by atoms with E-state index >= 15 is 0 Å². The van der Waals surface area contributed by atoms with Crippen molar-refractivity contribution in [2.24, 2.45) is 17.7 Å². The molecule has 1 fully saturated rings. The first kappa shape index (κ1) is 11.6. The summed E-state index contributed by atoms with van der Waals surface area (Å²) in [6, 6.07) is 2.04. The average Bonchev–Trinajstić information content (AvgIpc) is 2.84. The molecule has 1 aliphatic heterocycles. The summed E-state index contributed by atoms with van der Waals surface area (Å²) in [6.45, 7) is 6.43. The minimum Gasteiger partial charge on any atom is -0.472 e. The van der Waals surface area contributed by atoms with Crippen LogP contribution >= 0.6 is 0 Å². The summed E-state index contributed by atoms with van der Waals surface area (Å²) in [5, 5.41) is 0. The number of hydrogen-bond acceptors (Lipinski definition) is 4. The van der Waals surface area contributed by atoms with E-state index in [4.69, 9.17) is 15.0 Å². The Bertz CT molecular complexity index is 326. The molecule has 0 spiro atoms. The normalized spacial score (nSPS) is 36.5. The van der Waals surface area contributed by atoms with Crippen molar-refractivity contribution in [2.45, 2.75) is 39.0 Å². The minimum atomic E-state index is 0.0914. The van der Waals surface area contributed by atoms with Crippen LogP contribution in [0, 0.1) is 11.8 Å². The van der Waals surface area contributed by atoms with Gasteiger partial charge in [0.05, 0.1) is 30.8 Å². The first-order valence-corrected chi connectivity index (χ1v) is 5.78. The van der Waals surface area contributed by atoms with Gasteiger partial charge < -0.3 is 9.15 Å². The van der Waals surface area contributed by atoms with Gasteiger partial charge in [0.1, 0.15) is 0 Å². The predicted molar refractivity (Wildman–Crippen MR) is 61.4 cm³/mol. The number of hydrazine groups is 1.